The Kier molecular flexibility index (Phi) is 3.21. The van der Waals surface area contributed by atoms with Gasteiger partial charge in [-0.25, -0.2) is 0 Å². The molecule has 2 rings (SSSR count). The zero-order valence-electron chi connectivity index (χ0n) is 10.2. The molecule has 1 amide bonds. The van der Waals surface area contributed by atoms with Crippen molar-refractivity contribution in [3.63, 3.8) is 0 Å². The summed E-state index contributed by atoms with van der Waals surface area (Å²) in [7, 11) is 0. The van der Waals surface area contributed by atoms with E-state index in [4.69, 9.17) is 16.2 Å². The molecule has 0 spiro atoms. The van der Waals surface area contributed by atoms with Crippen molar-refractivity contribution < 1.29 is 9.53 Å². The molecule has 0 heterocycles. The number of benzene rings is 2. The molecule has 4 nitrogen and oxygen atoms in total. The van der Waals surface area contributed by atoms with Gasteiger partial charge in [0.2, 0.25) is 5.91 Å². The monoisotopic (exact) mass is 244 g/mol. The summed E-state index contributed by atoms with van der Waals surface area (Å²) in [6.07, 6.45) is 0. The first-order chi connectivity index (χ1) is 8.50. The van der Waals surface area contributed by atoms with E-state index in [9.17, 15) is 4.79 Å². The van der Waals surface area contributed by atoms with Crippen molar-refractivity contribution >= 4 is 16.7 Å². The third kappa shape index (κ3) is 2.43. The zero-order chi connectivity index (χ0) is 13.2. The molecule has 2 aromatic rings. The van der Waals surface area contributed by atoms with Gasteiger partial charge in [0, 0.05) is 5.39 Å². The second kappa shape index (κ2) is 4.66. The van der Waals surface area contributed by atoms with E-state index in [2.05, 4.69) is 0 Å². The van der Waals surface area contributed by atoms with Crippen LogP contribution in [-0.2, 0) is 4.79 Å². The number of ether oxygens (including phenoxy) is 1. The molecule has 1 atom stereocenters. The van der Waals surface area contributed by atoms with Gasteiger partial charge in [-0.15, -0.1) is 0 Å². The minimum Gasteiger partial charge on any atom is -0.490 e. The highest BCUT2D eigenvalue weighted by Crippen LogP contribution is 2.25. The maximum Gasteiger partial charge on any atom is 0.240 e. The van der Waals surface area contributed by atoms with Crippen LogP contribution in [0, 0.1) is 0 Å². The highest BCUT2D eigenvalue weighted by Gasteiger charge is 2.26. The Morgan fingerprint density at radius 3 is 2.61 bits per heavy atom. The SMILES string of the molecule is CC(N)(COc1cccc2ccccc12)C(N)=O. The average molecular weight is 244 g/mol. The smallest absolute Gasteiger partial charge is 0.240 e. The first kappa shape index (κ1) is 12.4. The summed E-state index contributed by atoms with van der Waals surface area (Å²) in [5.74, 6) is 0.119. The van der Waals surface area contributed by atoms with Gasteiger partial charge in [0.1, 0.15) is 17.9 Å². The fraction of sp³-hybridized carbons (Fsp3) is 0.214. The average Bonchev–Trinajstić information content (AvgIpc) is 2.36. The first-order valence-corrected chi connectivity index (χ1v) is 5.70. The van der Waals surface area contributed by atoms with Gasteiger partial charge in [-0.2, -0.15) is 0 Å². The molecule has 4 N–H and O–H groups in total. The zero-order valence-corrected chi connectivity index (χ0v) is 10.2. The number of amides is 1. The maximum atomic E-state index is 11.1. The second-order valence-electron chi connectivity index (χ2n) is 4.55. The summed E-state index contributed by atoms with van der Waals surface area (Å²) in [5, 5.41) is 2.06. The summed E-state index contributed by atoms with van der Waals surface area (Å²) in [4.78, 5) is 11.1. The molecular weight excluding hydrogens is 228 g/mol. The largest absolute Gasteiger partial charge is 0.490 e. The molecule has 0 aliphatic rings. The van der Waals surface area contributed by atoms with Crippen LogP contribution in [0.3, 0.4) is 0 Å². The van der Waals surface area contributed by atoms with Crippen LogP contribution in [0.2, 0.25) is 0 Å². The lowest BCUT2D eigenvalue weighted by Gasteiger charge is -2.21. The minimum absolute atomic E-state index is 0.0519. The van der Waals surface area contributed by atoms with Crippen LogP contribution in [0.4, 0.5) is 0 Å². The quantitative estimate of drug-likeness (QED) is 0.853. The van der Waals surface area contributed by atoms with E-state index in [-0.39, 0.29) is 6.61 Å². The van der Waals surface area contributed by atoms with Crippen LogP contribution in [-0.4, -0.2) is 18.1 Å². The van der Waals surface area contributed by atoms with Crippen molar-refractivity contribution in [3.05, 3.63) is 42.5 Å². The second-order valence-corrected chi connectivity index (χ2v) is 4.55. The Balaban J connectivity index is 2.25. The molecule has 0 saturated heterocycles. The van der Waals surface area contributed by atoms with Gasteiger partial charge in [0.25, 0.3) is 0 Å². The Hall–Kier alpha value is -2.07. The molecule has 1 unspecified atom stereocenters. The fourth-order valence-electron chi connectivity index (χ4n) is 1.62. The summed E-state index contributed by atoms with van der Waals surface area (Å²) in [6, 6.07) is 13.6. The predicted octanol–water partition coefficient (Wildman–Crippen LogP) is 1.42. The van der Waals surface area contributed by atoms with Gasteiger partial charge in [0.15, 0.2) is 0 Å². The Morgan fingerprint density at radius 2 is 1.89 bits per heavy atom. The van der Waals surface area contributed by atoms with Gasteiger partial charge in [-0.1, -0.05) is 36.4 Å². The van der Waals surface area contributed by atoms with Gasteiger partial charge in [-0.05, 0) is 18.4 Å². The predicted molar refractivity (Wildman–Crippen MR) is 71.2 cm³/mol. The molecule has 0 aliphatic heterocycles. The maximum absolute atomic E-state index is 11.1. The number of hydrogen-bond donors (Lipinski definition) is 2. The summed E-state index contributed by atoms with van der Waals surface area (Å²) in [5.41, 5.74) is 9.79. The number of carbonyl (C=O) groups excluding carboxylic acids is 1. The van der Waals surface area contributed by atoms with Crippen molar-refractivity contribution in [1.29, 1.82) is 0 Å². The molecule has 94 valence electrons. The van der Waals surface area contributed by atoms with Crippen molar-refractivity contribution in [3.8, 4) is 5.75 Å². The van der Waals surface area contributed by atoms with E-state index in [1.807, 2.05) is 42.5 Å². The highest BCUT2D eigenvalue weighted by molar-refractivity contribution is 5.88. The van der Waals surface area contributed by atoms with Crippen LogP contribution in [0.15, 0.2) is 42.5 Å². The lowest BCUT2D eigenvalue weighted by atomic mass is 10.1. The fourth-order valence-corrected chi connectivity index (χ4v) is 1.62. The van der Waals surface area contributed by atoms with Gasteiger partial charge in [-0.3, -0.25) is 4.79 Å². The Labute approximate surface area is 106 Å². The number of rotatable bonds is 4. The minimum atomic E-state index is -1.17. The molecule has 0 aliphatic carbocycles. The van der Waals surface area contributed by atoms with Crippen molar-refractivity contribution in [2.45, 2.75) is 12.5 Å². The lowest BCUT2D eigenvalue weighted by Crippen LogP contribution is -2.53. The Morgan fingerprint density at radius 1 is 1.22 bits per heavy atom. The number of primary amides is 1. The van der Waals surface area contributed by atoms with E-state index >= 15 is 0 Å². The highest BCUT2D eigenvalue weighted by atomic mass is 16.5. The third-order valence-electron chi connectivity index (χ3n) is 2.84. The lowest BCUT2D eigenvalue weighted by molar-refractivity contribution is -0.123. The summed E-state index contributed by atoms with van der Waals surface area (Å²) in [6.45, 7) is 1.61. The van der Waals surface area contributed by atoms with Crippen molar-refractivity contribution in [2.75, 3.05) is 6.61 Å². The summed E-state index contributed by atoms with van der Waals surface area (Å²) < 4.78 is 5.62. The van der Waals surface area contributed by atoms with Gasteiger partial charge < -0.3 is 16.2 Å². The third-order valence-corrected chi connectivity index (χ3v) is 2.84. The molecule has 0 saturated carbocycles. The number of hydrogen-bond acceptors (Lipinski definition) is 3. The molecule has 4 heteroatoms. The van der Waals surface area contributed by atoms with E-state index in [1.54, 1.807) is 6.92 Å². The molecule has 0 aromatic heterocycles. The van der Waals surface area contributed by atoms with Crippen LogP contribution in [0.25, 0.3) is 10.8 Å². The normalized spacial score (nSPS) is 14.1. The molecule has 0 fully saturated rings. The first-order valence-electron chi connectivity index (χ1n) is 5.70. The van der Waals surface area contributed by atoms with E-state index in [0.29, 0.717) is 5.75 Å². The van der Waals surface area contributed by atoms with Gasteiger partial charge in [0.05, 0.1) is 0 Å². The van der Waals surface area contributed by atoms with Crippen LogP contribution in [0.5, 0.6) is 5.75 Å². The standard InChI is InChI=1S/C14H16N2O2/c1-14(16,13(15)17)9-18-12-8-4-6-10-5-2-3-7-11(10)12/h2-8H,9,16H2,1H3,(H2,15,17). The molecule has 0 bridgehead atoms. The number of nitrogens with two attached hydrogens (primary N) is 2. The van der Waals surface area contributed by atoms with E-state index in [1.165, 1.54) is 0 Å². The molecule has 0 radical (unpaired) electrons. The van der Waals surface area contributed by atoms with Crippen LogP contribution in [0.1, 0.15) is 6.92 Å². The number of carbonyl (C=O) groups is 1. The van der Waals surface area contributed by atoms with Crippen LogP contribution >= 0.6 is 0 Å². The van der Waals surface area contributed by atoms with E-state index < -0.39 is 11.4 Å². The number of fused-ring (bicyclic) bond motifs is 1. The van der Waals surface area contributed by atoms with Crippen molar-refractivity contribution in [2.24, 2.45) is 11.5 Å². The molecule has 18 heavy (non-hydrogen) atoms. The van der Waals surface area contributed by atoms with Gasteiger partial charge >= 0.3 is 0 Å². The van der Waals surface area contributed by atoms with E-state index in [0.717, 1.165) is 10.8 Å². The van der Waals surface area contributed by atoms with Crippen LogP contribution < -0.4 is 16.2 Å². The Bertz CT molecular complexity index is 574. The summed E-state index contributed by atoms with van der Waals surface area (Å²) >= 11 is 0. The topological polar surface area (TPSA) is 78.3 Å². The molecular formula is C14H16N2O2. The molecule has 2 aromatic carbocycles. The van der Waals surface area contributed by atoms with Crippen molar-refractivity contribution in [1.82, 2.24) is 0 Å².